The van der Waals surface area contributed by atoms with Crippen molar-refractivity contribution in [3.05, 3.63) is 63.4 Å². The Morgan fingerprint density at radius 3 is 2.40 bits per heavy atom. The van der Waals surface area contributed by atoms with Gasteiger partial charge in [-0.1, -0.05) is 29.3 Å². The van der Waals surface area contributed by atoms with E-state index in [1.165, 1.54) is 6.08 Å². The number of nitrogens with zero attached hydrogens (tertiary/aromatic N) is 2. The van der Waals surface area contributed by atoms with Gasteiger partial charge in [0.2, 0.25) is 5.78 Å². The molecule has 0 unspecified atom stereocenters. The summed E-state index contributed by atoms with van der Waals surface area (Å²) in [4.78, 5) is 12.3. The second-order valence-corrected chi connectivity index (χ2v) is 4.95. The van der Waals surface area contributed by atoms with Crippen LogP contribution in [0.4, 0.5) is 0 Å². The third kappa shape index (κ3) is 2.77. The van der Waals surface area contributed by atoms with Crippen LogP contribution in [0, 0.1) is 11.3 Å². The van der Waals surface area contributed by atoms with E-state index in [1.54, 1.807) is 48.1 Å². The summed E-state index contributed by atoms with van der Waals surface area (Å²) in [6.45, 7) is 0. The fourth-order valence-electron chi connectivity index (χ4n) is 1.78. The van der Waals surface area contributed by atoms with Crippen molar-refractivity contribution < 1.29 is 4.79 Å². The molecule has 0 saturated heterocycles. The second-order valence-electron chi connectivity index (χ2n) is 4.14. The van der Waals surface area contributed by atoms with Gasteiger partial charge in [-0.15, -0.1) is 0 Å². The van der Waals surface area contributed by atoms with Gasteiger partial charge in [0.05, 0.1) is 5.69 Å². The molecule has 0 saturated carbocycles. The SMILES string of the molecule is Cn1cccc1C(=O)/C(C#N)=C/c1c(Cl)cccc1Cl. The number of hydrogen-bond donors (Lipinski definition) is 0. The first-order valence-corrected chi connectivity index (χ1v) is 6.52. The average Bonchev–Trinajstić information content (AvgIpc) is 2.84. The fourth-order valence-corrected chi connectivity index (χ4v) is 2.28. The van der Waals surface area contributed by atoms with E-state index in [2.05, 4.69) is 0 Å². The fraction of sp³-hybridized carbons (Fsp3) is 0.0667. The minimum absolute atomic E-state index is 0.0122. The highest BCUT2D eigenvalue weighted by atomic mass is 35.5. The van der Waals surface area contributed by atoms with Gasteiger partial charge in [0.25, 0.3) is 0 Å². The number of Topliss-reactive ketones (excluding diaryl/α,β-unsaturated/α-hetero) is 1. The number of carbonyl (C=O) groups is 1. The Bertz CT molecular complexity index is 718. The number of benzene rings is 1. The highest BCUT2D eigenvalue weighted by Gasteiger charge is 2.16. The third-order valence-electron chi connectivity index (χ3n) is 2.83. The lowest BCUT2D eigenvalue weighted by Crippen LogP contribution is -2.07. The van der Waals surface area contributed by atoms with Crippen molar-refractivity contribution in [1.29, 1.82) is 5.26 Å². The number of ketones is 1. The lowest BCUT2D eigenvalue weighted by Gasteiger charge is -2.04. The van der Waals surface area contributed by atoms with Crippen LogP contribution in [0.2, 0.25) is 10.0 Å². The van der Waals surface area contributed by atoms with Crippen molar-refractivity contribution in [3.63, 3.8) is 0 Å². The van der Waals surface area contributed by atoms with Crippen LogP contribution in [0.15, 0.2) is 42.1 Å². The van der Waals surface area contributed by atoms with E-state index in [-0.39, 0.29) is 11.4 Å². The van der Waals surface area contributed by atoms with Gasteiger partial charge in [0.1, 0.15) is 11.6 Å². The zero-order valence-electron chi connectivity index (χ0n) is 10.6. The largest absolute Gasteiger partial charge is 0.348 e. The summed E-state index contributed by atoms with van der Waals surface area (Å²) in [7, 11) is 1.74. The molecule has 5 heteroatoms. The normalized spacial score (nSPS) is 11.2. The van der Waals surface area contributed by atoms with Crippen LogP contribution in [0.5, 0.6) is 0 Å². The molecule has 1 aromatic carbocycles. The predicted molar refractivity (Wildman–Crippen MR) is 79.8 cm³/mol. The zero-order valence-corrected chi connectivity index (χ0v) is 12.1. The monoisotopic (exact) mass is 304 g/mol. The minimum atomic E-state index is -0.365. The Labute approximate surface area is 126 Å². The van der Waals surface area contributed by atoms with Gasteiger partial charge in [-0.2, -0.15) is 5.26 Å². The number of carbonyl (C=O) groups excluding carboxylic acids is 1. The Hall–Kier alpha value is -2.02. The number of aromatic nitrogens is 1. The smallest absolute Gasteiger partial charge is 0.219 e. The summed E-state index contributed by atoms with van der Waals surface area (Å²) in [5.41, 5.74) is 0.887. The molecule has 0 N–H and O–H groups in total. The zero-order chi connectivity index (χ0) is 14.7. The molecule has 0 fully saturated rings. The van der Waals surface area contributed by atoms with E-state index in [0.29, 0.717) is 21.3 Å². The lowest BCUT2D eigenvalue weighted by molar-refractivity contribution is 0.103. The van der Waals surface area contributed by atoms with Crippen molar-refractivity contribution in [3.8, 4) is 6.07 Å². The molecule has 20 heavy (non-hydrogen) atoms. The van der Waals surface area contributed by atoms with Crippen molar-refractivity contribution in [1.82, 2.24) is 4.57 Å². The number of halogens is 2. The summed E-state index contributed by atoms with van der Waals surface area (Å²) >= 11 is 12.1. The van der Waals surface area contributed by atoms with Crippen LogP contribution in [-0.2, 0) is 7.05 Å². The molecule has 1 aromatic heterocycles. The maximum absolute atomic E-state index is 12.3. The van der Waals surface area contributed by atoms with E-state index in [1.807, 2.05) is 6.07 Å². The average molecular weight is 305 g/mol. The van der Waals surface area contributed by atoms with Gasteiger partial charge < -0.3 is 4.57 Å². The van der Waals surface area contributed by atoms with Crippen LogP contribution in [0.25, 0.3) is 6.08 Å². The van der Waals surface area contributed by atoms with Crippen molar-refractivity contribution in [2.24, 2.45) is 7.05 Å². The van der Waals surface area contributed by atoms with Crippen LogP contribution in [-0.4, -0.2) is 10.4 Å². The van der Waals surface area contributed by atoms with Crippen molar-refractivity contribution in [2.75, 3.05) is 0 Å². The molecular formula is C15H10Cl2N2O. The Morgan fingerprint density at radius 1 is 1.25 bits per heavy atom. The third-order valence-corrected chi connectivity index (χ3v) is 3.49. The number of aryl methyl sites for hydroxylation is 1. The maximum Gasteiger partial charge on any atom is 0.219 e. The van der Waals surface area contributed by atoms with Gasteiger partial charge in [-0.3, -0.25) is 4.79 Å². The Kier molecular flexibility index (Phi) is 4.29. The standard InChI is InChI=1S/C15H10Cl2N2O/c1-19-7-3-6-14(19)15(20)10(9-18)8-11-12(16)4-2-5-13(11)17/h2-8H,1H3/b10-8+. The maximum atomic E-state index is 12.3. The quantitative estimate of drug-likeness (QED) is 0.486. The molecule has 2 aromatic rings. The molecule has 0 aliphatic carbocycles. The second kappa shape index (κ2) is 5.96. The molecule has 0 aliphatic rings. The Balaban J connectivity index is 2.49. The first-order chi connectivity index (χ1) is 9.54. The first-order valence-electron chi connectivity index (χ1n) is 5.76. The molecule has 0 radical (unpaired) electrons. The van der Waals surface area contributed by atoms with Crippen molar-refractivity contribution >= 4 is 35.1 Å². The number of allylic oxidation sites excluding steroid dienone is 1. The highest BCUT2D eigenvalue weighted by Crippen LogP contribution is 2.27. The van der Waals surface area contributed by atoms with Crippen molar-refractivity contribution in [2.45, 2.75) is 0 Å². The summed E-state index contributed by atoms with van der Waals surface area (Å²) in [5, 5.41) is 9.98. The summed E-state index contributed by atoms with van der Waals surface area (Å²) < 4.78 is 1.65. The van der Waals surface area contributed by atoms with Gasteiger partial charge in [-0.25, -0.2) is 0 Å². The van der Waals surface area contributed by atoms with E-state index in [9.17, 15) is 10.1 Å². The molecule has 0 atom stereocenters. The van der Waals surface area contributed by atoms with Crippen LogP contribution in [0.1, 0.15) is 16.1 Å². The topological polar surface area (TPSA) is 45.8 Å². The van der Waals surface area contributed by atoms with Gasteiger partial charge in [-0.05, 0) is 30.3 Å². The molecule has 0 bridgehead atoms. The molecule has 100 valence electrons. The van der Waals surface area contributed by atoms with Crippen LogP contribution < -0.4 is 0 Å². The summed E-state index contributed by atoms with van der Waals surface area (Å²) in [6, 6.07) is 10.3. The Morgan fingerprint density at radius 2 is 1.90 bits per heavy atom. The summed E-state index contributed by atoms with van der Waals surface area (Å²) in [5.74, 6) is -0.365. The molecule has 0 spiro atoms. The van der Waals surface area contributed by atoms with Gasteiger partial charge >= 0.3 is 0 Å². The molecule has 0 amide bonds. The van der Waals surface area contributed by atoms with E-state index in [4.69, 9.17) is 23.2 Å². The number of rotatable bonds is 3. The molecule has 1 heterocycles. The number of hydrogen-bond acceptors (Lipinski definition) is 2. The van der Waals surface area contributed by atoms with Crippen LogP contribution in [0.3, 0.4) is 0 Å². The highest BCUT2D eigenvalue weighted by molar-refractivity contribution is 6.37. The van der Waals surface area contributed by atoms with Gasteiger partial charge in [0, 0.05) is 28.9 Å². The summed E-state index contributed by atoms with van der Waals surface area (Å²) in [6.07, 6.45) is 3.16. The lowest BCUT2D eigenvalue weighted by atomic mass is 10.1. The van der Waals surface area contributed by atoms with E-state index >= 15 is 0 Å². The van der Waals surface area contributed by atoms with E-state index < -0.39 is 0 Å². The molecular weight excluding hydrogens is 295 g/mol. The minimum Gasteiger partial charge on any atom is -0.348 e. The molecule has 2 rings (SSSR count). The number of nitriles is 1. The molecule has 0 aliphatic heterocycles. The molecule has 3 nitrogen and oxygen atoms in total. The van der Waals surface area contributed by atoms with Crippen LogP contribution >= 0.6 is 23.2 Å². The predicted octanol–water partition coefficient (Wildman–Crippen LogP) is 4.12. The van der Waals surface area contributed by atoms with E-state index in [0.717, 1.165) is 0 Å². The van der Waals surface area contributed by atoms with Gasteiger partial charge in [0.15, 0.2) is 0 Å². The first kappa shape index (κ1) is 14.4.